The van der Waals surface area contributed by atoms with Crippen LogP contribution in [0.15, 0.2) is 74.5 Å². The SMILES string of the molecule is CCCCCOc1cccc(C2c3c(oc4ccc(C)cc4c3=O)C(=O)N2Cc2ccco2)c1. The lowest BCUT2D eigenvalue weighted by Crippen LogP contribution is -2.29. The molecule has 174 valence electrons. The summed E-state index contributed by atoms with van der Waals surface area (Å²) in [6.07, 6.45) is 4.78. The van der Waals surface area contributed by atoms with E-state index in [1.54, 1.807) is 23.3 Å². The van der Waals surface area contributed by atoms with Crippen LogP contribution in [0.3, 0.4) is 0 Å². The van der Waals surface area contributed by atoms with Gasteiger partial charge in [0.15, 0.2) is 5.43 Å². The Balaban J connectivity index is 1.61. The van der Waals surface area contributed by atoms with Crippen molar-refractivity contribution in [2.24, 2.45) is 0 Å². The van der Waals surface area contributed by atoms with Crippen molar-refractivity contribution in [1.82, 2.24) is 4.90 Å². The Labute approximate surface area is 197 Å². The molecule has 0 radical (unpaired) electrons. The molecule has 1 unspecified atom stereocenters. The highest BCUT2D eigenvalue weighted by molar-refractivity contribution is 5.99. The minimum absolute atomic E-state index is 0.0900. The van der Waals surface area contributed by atoms with Gasteiger partial charge in [-0.05, 0) is 55.3 Å². The monoisotopic (exact) mass is 457 g/mol. The van der Waals surface area contributed by atoms with Gasteiger partial charge in [0.2, 0.25) is 5.76 Å². The Kier molecular flexibility index (Phi) is 5.97. The molecule has 1 atom stereocenters. The molecule has 1 amide bonds. The van der Waals surface area contributed by atoms with Crippen LogP contribution in [0.2, 0.25) is 0 Å². The number of carbonyl (C=O) groups excluding carboxylic acids is 1. The van der Waals surface area contributed by atoms with Crippen LogP contribution in [0.1, 0.15) is 65.2 Å². The maximum atomic E-state index is 13.7. The van der Waals surface area contributed by atoms with Crippen LogP contribution >= 0.6 is 0 Å². The van der Waals surface area contributed by atoms with Crippen LogP contribution in [-0.2, 0) is 6.54 Å². The van der Waals surface area contributed by atoms with Crippen molar-refractivity contribution in [3.63, 3.8) is 0 Å². The molecule has 5 rings (SSSR count). The van der Waals surface area contributed by atoms with Gasteiger partial charge in [0.05, 0.1) is 36.4 Å². The average Bonchev–Trinajstić information content (AvgIpc) is 3.45. The zero-order valence-electron chi connectivity index (χ0n) is 19.4. The van der Waals surface area contributed by atoms with E-state index in [9.17, 15) is 9.59 Å². The number of rotatable bonds is 8. The molecule has 0 aliphatic carbocycles. The Morgan fingerprint density at radius 3 is 2.71 bits per heavy atom. The minimum atomic E-state index is -0.604. The summed E-state index contributed by atoms with van der Waals surface area (Å²) in [5.74, 6) is 1.11. The third-order valence-electron chi connectivity index (χ3n) is 6.22. The number of furan rings is 1. The molecule has 0 bridgehead atoms. The van der Waals surface area contributed by atoms with Crippen molar-refractivity contribution in [1.29, 1.82) is 0 Å². The van der Waals surface area contributed by atoms with E-state index < -0.39 is 6.04 Å². The second-order valence-corrected chi connectivity index (χ2v) is 8.72. The number of ether oxygens (including phenoxy) is 1. The fourth-order valence-corrected chi connectivity index (χ4v) is 4.53. The highest BCUT2D eigenvalue weighted by atomic mass is 16.5. The van der Waals surface area contributed by atoms with E-state index in [1.165, 1.54) is 0 Å². The van der Waals surface area contributed by atoms with Crippen molar-refractivity contribution in [2.45, 2.75) is 45.7 Å². The fourth-order valence-electron chi connectivity index (χ4n) is 4.53. The Morgan fingerprint density at radius 2 is 1.91 bits per heavy atom. The third kappa shape index (κ3) is 4.00. The molecule has 1 aliphatic heterocycles. The molecule has 2 aromatic heterocycles. The average molecular weight is 458 g/mol. The summed E-state index contributed by atoms with van der Waals surface area (Å²) >= 11 is 0. The number of benzene rings is 2. The van der Waals surface area contributed by atoms with E-state index in [4.69, 9.17) is 13.6 Å². The number of unbranched alkanes of at least 4 members (excludes halogenated alkanes) is 2. The zero-order valence-corrected chi connectivity index (χ0v) is 19.4. The zero-order chi connectivity index (χ0) is 23.7. The number of aryl methyl sites for hydroxylation is 1. The number of hydrogen-bond donors (Lipinski definition) is 0. The first-order chi connectivity index (χ1) is 16.6. The van der Waals surface area contributed by atoms with Gasteiger partial charge in [-0.15, -0.1) is 0 Å². The molecule has 0 fully saturated rings. The number of fused-ring (bicyclic) bond motifs is 2. The third-order valence-corrected chi connectivity index (χ3v) is 6.22. The Hall–Kier alpha value is -3.80. The summed E-state index contributed by atoms with van der Waals surface area (Å²) in [6.45, 7) is 4.92. The van der Waals surface area contributed by atoms with E-state index in [2.05, 4.69) is 6.92 Å². The van der Waals surface area contributed by atoms with Crippen LogP contribution in [0.4, 0.5) is 0 Å². The van der Waals surface area contributed by atoms with Gasteiger partial charge in [0, 0.05) is 0 Å². The Morgan fingerprint density at radius 1 is 1.03 bits per heavy atom. The second-order valence-electron chi connectivity index (χ2n) is 8.72. The predicted octanol–water partition coefficient (Wildman–Crippen LogP) is 6.01. The highest BCUT2D eigenvalue weighted by Gasteiger charge is 2.43. The molecule has 0 spiro atoms. The van der Waals surface area contributed by atoms with Crippen molar-refractivity contribution >= 4 is 16.9 Å². The highest BCUT2D eigenvalue weighted by Crippen LogP contribution is 2.40. The maximum absolute atomic E-state index is 13.7. The summed E-state index contributed by atoms with van der Waals surface area (Å²) in [6, 6.07) is 16.0. The van der Waals surface area contributed by atoms with Gasteiger partial charge in [-0.25, -0.2) is 0 Å². The quantitative estimate of drug-likeness (QED) is 0.303. The molecule has 1 aliphatic rings. The van der Waals surface area contributed by atoms with Gasteiger partial charge in [-0.3, -0.25) is 9.59 Å². The van der Waals surface area contributed by atoms with Crippen molar-refractivity contribution in [2.75, 3.05) is 6.61 Å². The van der Waals surface area contributed by atoms with E-state index in [1.807, 2.05) is 49.4 Å². The number of nitrogens with zero attached hydrogens (tertiary/aromatic N) is 1. The van der Waals surface area contributed by atoms with Gasteiger partial charge < -0.3 is 18.5 Å². The van der Waals surface area contributed by atoms with Crippen LogP contribution in [0.5, 0.6) is 5.75 Å². The second kappa shape index (κ2) is 9.21. The first-order valence-corrected chi connectivity index (χ1v) is 11.7. The van der Waals surface area contributed by atoms with Gasteiger partial charge in [-0.2, -0.15) is 0 Å². The van der Waals surface area contributed by atoms with Gasteiger partial charge in [-0.1, -0.05) is 43.5 Å². The normalized spacial score (nSPS) is 15.2. The lowest BCUT2D eigenvalue weighted by atomic mass is 9.98. The smallest absolute Gasteiger partial charge is 0.291 e. The molecular weight excluding hydrogens is 430 g/mol. The molecule has 6 nitrogen and oxygen atoms in total. The van der Waals surface area contributed by atoms with Crippen molar-refractivity contribution in [3.05, 3.63) is 99.3 Å². The Bertz CT molecular complexity index is 1390. The summed E-state index contributed by atoms with van der Waals surface area (Å²) in [4.78, 5) is 28.8. The molecule has 4 aromatic rings. The maximum Gasteiger partial charge on any atom is 0.291 e. The predicted molar refractivity (Wildman–Crippen MR) is 129 cm³/mol. The lowest BCUT2D eigenvalue weighted by molar-refractivity contribution is 0.0701. The summed E-state index contributed by atoms with van der Waals surface area (Å²) in [5.41, 5.74) is 2.34. The summed E-state index contributed by atoms with van der Waals surface area (Å²) < 4.78 is 17.5. The van der Waals surface area contributed by atoms with Crippen LogP contribution in [-0.4, -0.2) is 17.4 Å². The molecule has 2 aromatic carbocycles. The summed E-state index contributed by atoms with van der Waals surface area (Å²) in [7, 11) is 0. The topological polar surface area (TPSA) is 72.9 Å². The first kappa shape index (κ1) is 22.0. The molecule has 6 heteroatoms. The van der Waals surface area contributed by atoms with E-state index >= 15 is 0 Å². The molecule has 0 saturated heterocycles. The van der Waals surface area contributed by atoms with Crippen molar-refractivity contribution in [3.8, 4) is 5.75 Å². The lowest BCUT2D eigenvalue weighted by Gasteiger charge is -2.24. The number of hydrogen-bond acceptors (Lipinski definition) is 5. The van der Waals surface area contributed by atoms with E-state index in [0.717, 1.165) is 30.4 Å². The van der Waals surface area contributed by atoms with Gasteiger partial charge in [0.1, 0.15) is 17.1 Å². The van der Waals surface area contributed by atoms with Crippen molar-refractivity contribution < 1.29 is 18.4 Å². The molecule has 0 N–H and O–H groups in total. The summed E-state index contributed by atoms with van der Waals surface area (Å²) in [5, 5.41) is 0.475. The first-order valence-electron chi connectivity index (χ1n) is 11.7. The molecule has 3 heterocycles. The largest absolute Gasteiger partial charge is 0.494 e. The van der Waals surface area contributed by atoms with Crippen LogP contribution in [0.25, 0.3) is 11.0 Å². The van der Waals surface area contributed by atoms with Gasteiger partial charge >= 0.3 is 0 Å². The fraction of sp³-hybridized carbons (Fsp3) is 0.286. The van der Waals surface area contributed by atoms with Gasteiger partial charge in [0.25, 0.3) is 5.91 Å². The number of amides is 1. The molecule has 0 saturated carbocycles. The van der Waals surface area contributed by atoms with Crippen LogP contribution in [0, 0.1) is 6.92 Å². The standard InChI is InChI=1S/C28H27NO5/c1-3-4-5-13-32-20-9-6-8-19(16-20)25-24-26(30)22-15-18(2)11-12-23(22)34-27(24)28(31)29(25)17-21-10-7-14-33-21/h6-12,14-16,25H,3-5,13,17H2,1-2H3. The van der Waals surface area contributed by atoms with E-state index in [-0.39, 0.29) is 23.6 Å². The minimum Gasteiger partial charge on any atom is -0.494 e. The van der Waals surface area contributed by atoms with Crippen LogP contribution < -0.4 is 10.2 Å². The number of carbonyl (C=O) groups is 1. The van der Waals surface area contributed by atoms with E-state index in [0.29, 0.717) is 34.6 Å². The molecular formula is C28H27NO5. The molecule has 34 heavy (non-hydrogen) atoms.